The second-order valence-electron chi connectivity index (χ2n) is 6.44. The van der Waals surface area contributed by atoms with Gasteiger partial charge in [0.05, 0.1) is 16.5 Å². The van der Waals surface area contributed by atoms with Crippen LogP contribution in [0.3, 0.4) is 0 Å². The van der Waals surface area contributed by atoms with Gasteiger partial charge in [-0.3, -0.25) is 10.1 Å². The minimum absolute atomic E-state index is 0.101. The number of nitro groups is 1. The Hall–Kier alpha value is -2.33. The van der Waals surface area contributed by atoms with Crippen LogP contribution >= 0.6 is 11.6 Å². The topological polar surface area (TPSA) is 55.2 Å². The van der Waals surface area contributed by atoms with Crippen molar-refractivity contribution in [3.05, 3.63) is 80.4 Å². The summed E-state index contributed by atoms with van der Waals surface area (Å²) in [6.07, 6.45) is 5.24. The third-order valence-electron chi connectivity index (χ3n) is 5.14. The minimum atomic E-state index is -0.297. The molecule has 1 aliphatic heterocycles. The Balaban J connectivity index is 1.88. The lowest BCUT2D eigenvalue weighted by molar-refractivity contribution is -0.385. The quantitative estimate of drug-likeness (QED) is 0.453. The molecule has 0 spiro atoms. The highest BCUT2D eigenvalue weighted by Crippen LogP contribution is 2.53. The molecule has 4 nitrogen and oxygen atoms in total. The molecule has 0 amide bonds. The highest BCUT2D eigenvalue weighted by molar-refractivity contribution is 6.32. The molecule has 0 aromatic heterocycles. The fourth-order valence-corrected chi connectivity index (χ4v) is 4.32. The Bertz CT molecular complexity index is 862. The normalized spacial score (nSPS) is 24.2. The number of halogens is 1. The third-order valence-corrected chi connectivity index (χ3v) is 5.47. The van der Waals surface area contributed by atoms with Crippen LogP contribution in [0.15, 0.2) is 48.6 Å². The summed E-state index contributed by atoms with van der Waals surface area (Å²) >= 11 is 6.47. The second-order valence-corrected chi connectivity index (χ2v) is 6.85. The van der Waals surface area contributed by atoms with E-state index in [0.717, 1.165) is 33.8 Å². The standard InChI is InChI=1S/C19H17ClN2O2/c1-11-9-10-15(20)17-12-6-4-7-13(12)19(21-18(11)17)14-5-2-3-8-16(14)22(23)24/h2-6,8-10,12-13,19,21H,7H2,1H3. The summed E-state index contributed by atoms with van der Waals surface area (Å²) in [7, 11) is 0. The average Bonchev–Trinajstić information content (AvgIpc) is 3.06. The molecular formula is C19H17ClN2O2. The average molecular weight is 341 g/mol. The van der Waals surface area contributed by atoms with Gasteiger partial charge in [-0.15, -0.1) is 0 Å². The van der Waals surface area contributed by atoms with E-state index in [-0.39, 0.29) is 28.5 Å². The predicted molar refractivity (Wildman–Crippen MR) is 95.6 cm³/mol. The van der Waals surface area contributed by atoms with Gasteiger partial charge in [-0.2, -0.15) is 0 Å². The number of rotatable bonds is 2. The number of hydrogen-bond acceptors (Lipinski definition) is 3. The highest BCUT2D eigenvalue weighted by atomic mass is 35.5. The lowest BCUT2D eigenvalue weighted by atomic mass is 9.76. The first-order valence-electron chi connectivity index (χ1n) is 8.03. The molecule has 122 valence electrons. The molecule has 2 aliphatic rings. The van der Waals surface area contributed by atoms with Crippen LogP contribution in [-0.4, -0.2) is 4.92 Å². The van der Waals surface area contributed by atoms with Gasteiger partial charge in [0.25, 0.3) is 5.69 Å². The zero-order valence-corrected chi connectivity index (χ0v) is 14.0. The molecule has 3 atom stereocenters. The van der Waals surface area contributed by atoms with E-state index in [1.165, 1.54) is 0 Å². The van der Waals surface area contributed by atoms with Crippen LogP contribution in [0, 0.1) is 23.0 Å². The molecular weight excluding hydrogens is 324 g/mol. The van der Waals surface area contributed by atoms with Crippen LogP contribution in [0.4, 0.5) is 11.4 Å². The van der Waals surface area contributed by atoms with Crippen molar-refractivity contribution in [3.63, 3.8) is 0 Å². The molecule has 5 heteroatoms. The van der Waals surface area contributed by atoms with Gasteiger partial charge in [-0.1, -0.05) is 48.0 Å². The molecule has 0 bridgehead atoms. The number of hydrogen-bond donors (Lipinski definition) is 1. The first-order chi connectivity index (χ1) is 11.6. The molecule has 4 rings (SSSR count). The Morgan fingerprint density at radius 3 is 2.83 bits per heavy atom. The second kappa shape index (κ2) is 5.64. The van der Waals surface area contributed by atoms with E-state index in [1.54, 1.807) is 12.1 Å². The van der Waals surface area contributed by atoms with Crippen molar-refractivity contribution in [3.8, 4) is 0 Å². The molecule has 0 radical (unpaired) electrons. The minimum Gasteiger partial charge on any atom is -0.377 e. The van der Waals surface area contributed by atoms with E-state index in [2.05, 4.69) is 17.5 Å². The van der Waals surface area contributed by atoms with Gasteiger partial charge in [0, 0.05) is 28.3 Å². The Kier molecular flexibility index (Phi) is 3.57. The summed E-state index contributed by atoms with van der Waals surface area (Å²) in [5.74, 6) is 0.427. The summed E-state index contributed by atoms with van der Waals surface area (Å²) in [6, 6.07) is 10.8. The number of fused-ring (bicyclic) bond motifs is 3. The molecule has 1 heterocycles. The van der Waals surface area contributed by atoms with E-state index in [4.69, 9.17) is 11.6 Å². The molecule has 1 aliphatic carbocycles. The van der Waals surface area contributed by atoms with Gasteiger partial charge in [-0.25, -0.2) is 0 Å². The van der Waals surface area contributed by atoms with Crippen molar-refractivity contribution in [2.45, 2.75) is 25.3 Å². The van der Waals surface area contributed by atoms with E-state index in [0.29, 0.717) is 0 Å². The van der Waals surface area contributed by atoms with E-state index >= 15 is 0 Å². The van der Waals surface area contributed by atoms with E-state index in [1.807, 2.05) is 31.2 Å². The predicted octanol–water partition coefficient (Wildman–Crippen LogP) is 5.38. The van der Waals surface area contributed by atoms with E-state index in [9.17, 15) is 10.1 Å². The lowest BCUT2D eigenvalue weighted by Gasteiger charge is -2.38. The van der Waals surface area contributed by atoms with Gasteiger partial charge < -0.3 is 5.32 Å². The van der Waals surface area contributed by atoms with Gasteiger partial charge >= 0.3 is 0 Å². The summed E-state index contributed by atoms with van der Waals surface area (Å²) in [6.45, 7) is 2.04. The summed E-state index contributed by atoms with van der Waals surface area (Å²) in [4.78, 5) is 11.2. The summed E-state index contributed by atoms with van der Waals surface area (Å²) in [5, 5.41) is 15.8. The molecule has 0 saturated carbocycles. The lowest BCUT2D eigenvalue weighted by Crippen LogP contribution is -2.30. The van der Waals surface area contributed by atoms with Gasteiger partial charge in [0.2, 0.25) is 0 Å². The maximum atomic E-state index is 11.5. The van der Waals surface area contributed by atoms with Crippen molar-refractivity contribution in [1.29, 1.82) is 0 Å². The van der Waals surface area contributed by atoms with Crippen molar-refractivity contribution in [2.75, 3.05) is 5.32 Å². The molecule has 2 aromatic carbocycles. The smallest absolute Gasteiger partial charge is 0.274 e. The number of nitrogens with one attached hydrogen (secondary N) is 1. The molecule has 1 N–H and O–H groups in total. The van der Waals surface area contributed by atoms with Gasteiger partial charge in [0.1, 0.15) is 0 Å². The van der Waals surface area contributed by atoms with Crippen molar-refractivity contribution >= 4 is 23.0 Å². The number of nitro benzene ring substituents is 1. The first-order valence-corrected chi connectivity index (χ1v) is 8.41. The third kappa shape index (κ3) is 2.21. The Morgan fingerprint density at radius 2 is 2.04 bits per heavy atom. The van der Waals surface area contributed by atoms with Crippen LogP contribution in [0.5, 0.6) is 0 Å². The molecule has 0 fully saturated rings. The zero-order chi connectivity index (χ0) is 16.8. The number of benzene rings is 2. The van der Waals surface area contributed by atoms with Gasteiger partial charge in [0.15, 0.2) is 0 Å². The maximum absolute atomic E-state index is 11.5. The van der Waals surface area contributed by atoms with Gasteiger partial charge in [-0.05, 0) is 30.9 Å². The summed E-state index contributed by atoms with van der Waals surface area (Å²) < 4.78 is 0. The van der Waals surface area contributed by atoms with Crippen LogP contribution in [-0.2, 0) is 0 Å². The monoisotopic (exact) mass is 340 g/mol. The Morgan fingerprint density at radius 1 is 1.25 bits per heavy atom. The number of nitrogens with zero attached hydrogens (tertiary/aromatic N) is 1. The number of para-hydroxylation sites is 1. The first kappa shape index (κ1) is 15.2. The number of aryl methyl sites for hydroxylation is 1. The molecule has 0 saturated heterocycles. The van der Waals surface area contributed by atoms with E-state index < -0.39 is 0 Å². The Labute approximate surface area is 145 Å². The summed E-state index contributed by atoms with van der Waals surface area (Å²) in [5.41, 5.74) is 4.15. The molecule has 2 aromatic rings. The highest BCUT2D eigenvalue weighted by Gasteiger charge is 2.41. The van der Waals surface area contributed by atoms with Crippen molar-refractivity contribution in [1.82, 2.24) is 0 Å². The fourth-order valence-electron chi connectivity index (χ4n) is 4.03. The largest absolute Gasteiger partial charge is 0.377 e. The number of allylic oxidation sites excluding steroid dienone is 2. The molecule has 24 heavy (non-hydrogen) atoms. The van der Waals surface area contributed by atoms with Crippen LogP contribution in [0.2, 0.25) is 5.02 Å². The zero-order valence-electron chi connectivity index (χ0n) is 13.2. The SMILES string of the molecule is Cc1ccc(Cl)c2c1NC(c1ccccc1[N+](=O)[O-])C1CC=CC21. The number of anilines is 1. The molecule has 3 unspecified atom stereocenters. The van der Waals surface area contributed by atoms with Crippen molar-refractivity contribution in [2.24, 2.45) is 5.92 Å². The van der Waals surface area contributed by atoms with Crippen molar-refractivity contribution < 1.29 is 4.92 Å². The fraction of sp³-hybridized carbons (Fsp3) is 0.263. The maximum Gasteiger partial charge on any atom is 0.274 e. The van der Waals surface area contributed by atoms with Crippen LogP contribution in [0.1, 0.15) is 35.1 Å². The van der Waals surface area contributed by atoms with Crippen LogP contribution < -0.4 is 5.32 Å². The van der Waals surface area contributed by atoms with Crippen LogP contribution in [0.25, 0.3) is 0 Å².